The predicted octanol–water partition coefficient (Wildman–Crippen LogP) is 2.31. The fourth-order valence-electron chi connectivity index (χ4n) is 1.26. The summed E-state index contributed by atoms with van der Waals surface area (Å²) in [5.74, 6) is -0.00640. The van der Waals surface area contributed by atoms with Crippen molar-refractivity contribution in [1.29, 1.82) is 0 Å². The lowest BCUT2D eigenvalue weighted by atomic mass is 10.2. The molecule has 88 valence electrons. The second-order valence-corrected chi connectivity index (χ2v) is 4.30. The van der Waals surface area contributed by atoms with Crippen molar-refractivity contribution in [2.45, 2.75) is 6.92 Å². The monoisotopic (exact) mass is 249 g/mol. The smallest absolute Gasteiger partial charge is 0.203 e. The van der Waals surface area contributed by atoms with Crippen molar-refractivity contribution in [3.8, 4) is 11.5 Å². The standard InChI is InChI=1S/C11H11N3O2S/c1-7-6-17-11(13-7)14-12-5-8-2-9(15)4-10(16)3-8/h2-6,15-16H,1H3,(H,13,14). The van der Waals surface area contributed by atoms with Crippen molar-refractivity contribution in [2.75, 3.05) is 5.43 Å². The summed E-state index contributed by atoms with van der Waals surface area (Å²) in [5.41, 5.74) is 4.30. The maximum Gasteiger partial charge on any atom is 0.203 e. The fraction of sp³-hybridized carbons (Fsp3) is 0.0909. The van der Waals surface area contributed by atoms with E-state index in [2.05, 4.69) is 15.5 Å². The lowest BCUT2D eigenvalue weighted by molar-refractivity contribution is 0.450. The van der Waals surface area contributed by atoms with Crippen LogP contribution in [0.15, 0.2) is 28.7 Å². The molecule has 2 rings (SSSR count). The summed E-state index contributed by atoms with van der Waals surface area (Å²) in [5, 5.41) is 25.1. The van der Waals surface area contributed by atoms with E-state index in [1.165, 1.54) is 35.8 Å². The van der Waals surface area contributed by atoms with Crippen LogP contribution >= 0.6 is 11.3 Å². The molecule has 3 N–H and O–H groups in total. The van der Waals surface area contributed by atoms with Crippen molar-refractivity contribution >= 4 is 22.7 Å². The van der Waals surface area contributed by atoms with E-state index >= 15 is 0 Å². The number of hydrogen-bond donors (Lipinski definition) is 3. The second-order valence-electron chi connectivity index (χ2n) is 3.45. The minimum absolute atomic E-state index is 0.00320. The SMILES string of the molecule is Cc1csc(NN=Cc2cc(O)cc(O)c2)n1. The molecule has 1 aromatic heterocycles. The zero-order valence-electron chi connectivity index (χ0n) is 9.08. The average Bonchev–Trinajstić information content (AvgIpc) is 2.63. The van der Waals surface area contributed by atoms with Gasteiger partial charge in [0, 0.05) is 17.0 Å². The lowest BCUT2D eigenvalue weighted by Gasteiger charge is -1.97. The molecule has 0 amide bonds. The van der Waals surface area contributed by atoms with Crippen LogP contribution in [0.3, 0.4) is 0 Å². The molecule has 0 unspecified atom stereocenters. The number of hydrazone groups is 1. The number of aromatic nitrogens is 1. The Morgan fingerprint density at radius 2 is 2.00 bits per heavy atom. The zero-order valence-corrected chi connectivity index (χ0v) is 9.90. The lowest BCUT2D eigenvalue weighted by Crippen LogP contribution is -1.90. The van der Waals surface area contributed by atoms with E-state index in [1.807, 2.05) is 12.3 Å². The van der Waals surface area contributed by atoms with Gasteiger partial charge in [0.05, 0.1) is 11.9 Å². The van der Waals surface area contributed by atoms with E-state index in [1.54, 1.807) is 0 Å². The fourth-order valence-corrected chi connectivity index (χ4v) is 1.90. The van der Waals surface area contributed by atoms with Crippen molar-refractivity contribution in [3.63, 3.8) is 0 Å². The minimum atomic E-state index is -0.00320. The average molecular weight is 249 g/mol. The van der Waals surface area contributed by atoms with Crippen LogP contribution in [0.4, 0.5) is 5.13 Å². The van der Waals surface area contributed by atoms with E-state index in [4.69, 9.17) is 0 Å². The molecule has 1 heterocycles. The molecule has 0 bridgehead atoms. The van der Waals surface area contributed by atoms with Crippen molar-refractivity contribution in [2.24, 2.45) is 5.10 Å². The molecule has 17 heavy (non-hydrogen) atoms. The highest BCUT2D eigenvalue weighted by Crippen LogP contribution is 2.19. The molecule has 0 aliphatic carbocycles. The molecule has 0 saturated carbocycles. The van der Waals surface area contributed by atoms with E-state index < -0.39 is 0 Å². The van der Waals surface area contributed by atoms with Crippen LogP contribution in [0.25, 0.3) is 0 Å². The van der Waals surface area contributed by atoms with Gasteiger partial charge in [0.1, 0.15) is 11.5 Å². The Balaban J connectivity index is 2.05. The minimum Gasteiger partial charge on any atom is -0.508 e. The Morgan fingerprint density at radius 3 is 2.59 bits per heavy atom. The number of benzene rings is 1. The van der Waals surface area contributed by atoms with Gasteiger partial charge in [0.25, 0.3) is 0 Å². The maximum absolute atomic E-state index is 9.26. The third-order valence-corrected chi connectivity index (χ3v) is 2.78. The zero-order chi connectivity index (χ0) is 12.3. The van der Waals surface area contributed by atoms with Gasteiger partial charge in [-0.1, -0.05) is 0 Å². The Kier molecular flexibility index (Phi) is 3.24. The van der Waals surface area contributed by atoms with Crippen molar-refractivity contribution < 1.29 is 10.2 Å². The molecular formula is C11H11N3O2S. The summed E-state index contributed by atoms with van der Waals surface area (Å²) in [7, 11) is 0. The van der Waals surface area contributed by atoms with Gasteiger partial charge >= 0.3 is 0 Å². The highest BCUT2D eigenvalue weighted by molar-refractivity contribution is 7.13. The molecule has 2 aromatic rings. The van der Waals surface area contributed by atoms with Crippen LogP contribution in [0.5, 0.6) is 11.5 Å². The van der Waals surface area contributed by atoms with Gasteiger partial charge in [0.2, 0.25) is 5.13 Å². The molecule has 0 spiro atoms. The summed E-state index contributed by atoms with van der Waals surface area (Å²) in [6.07, 6.45) is 1.50. The molecule has 0 saturated heterocycles. The van der Waals surface area contributed by atoms with Crippen LogP contribution in [0, 0.1) is 6.92 Å². The first-order valence-corrected chi connectivity index (χ1v) is 5.76. The molecule has 0 aliphatic rings. The molecule has 0 aliphatic heterocycles. The van der Waals surface area contributed by atoms with E-state index in [0.29, 0.717) is 10.7 Å². The van der Waals surface area contributed by atoms with Gasteiger partial charge in [-0.2, -0.15) is 5.10 Å². The molecule has 5 nitrogen and oxygen atoms in total. The molecule has 1 aromatic carbocycles. The number of hydrogen-bond acceptors (Lipinski definition) is 6. The van der Waals surface area contributed by atoms with E-state index in [0.717, 1.165) is 5.69 Å². The largest absolute Gasteiger partial charge is 0.508 e. The van der Waals surface area contributed by atoms with Crippen molar-refractivity contribution in [3.05, 3.63) is 34.8 Å². The predicted molar refractivity (Wildman–Crippen MR) is 67.8 cm³/mol. The first-order valence-electron chi connectivity index (χ1n) is 4.88. The summed E-state index contributed by atoms with van der Waals surface area (Å²) < 4.78 is 0. The van der Waals surface area contributed by atoms with Crippen LogP contribution in [0.2, 0.25) is 0 Å². The van der Waals surface area contributed by atoms with Gasteiger partial charge in [0.15, 0.2) is 0 Å². The van der Waals surface area contributed by atoms with Gasteiger partial charge in [-0.3, -0.25) is 5.43 Å². The first-order chi connectivity index (χ1) is 8.13. The third kappa shape index (κ3) is 3.18. The van der Waals surface area contributed by atoms with Crippen molar-refractivity contribution in [1.82, 2.24) is 4.98 Å². The number of phenols is 2. The molecule has 0 fully saturated rings. The number of rotatable bonds is 3. The highest BCUT2D eigenvalue weighted by atomic mass is 32.1. The van der Waals surface area contributed by atoms with Gasteiger partial charge in [-0.05, 0) is 19.1 Å². The normalized spacial score (nSPS) is 10.9. The molecular weight excluding hydrogens is 238 g/mol. The Hall–Kier alpha value is -2.08. The summed E-state index contributed by atoms with van der Waals surface area (Å²) in [6, 6.07) is 4.25. The van der Waals surface area contributed by atoms with Crippen LogP contribution in [0.1, 0.15) is 11.3 Å². The van der Waals surface area contributed by atoms with Crippen LogP contribution in [-0.4, -0.2) is 21.4 Å². The number of thiazole rings is 1. The number of nitrogens with one attached hydrogen (secondary N) is 1. The highest BCUT2D eigenvalue weighted by Gasteiger charge is 1.97. The molecule has 6 heteroatoms. The van der Waals surface area contributed by atoms with Gasteiger partial charge < -0.3 is 10.2 Å². The topological polar surface area (TPSA) is 77.7 Å². The molecule has 0 atom stereocenters. The number of nitrogens with zero attached hydrogens (tertiary/aromatic N) is 2. The first kappa shape index (κ1) is 11.4. The third-order valence-electron chi connectivity index (χ3n) is 1.92. The number of phenolic OH excluding ortho intramolecular Hbond substituents is 2. The number of aryl methyl sites for hydroxylation is 1. The summed E-state index contributed by atoms with van der Waals surface area (Å²) >= 11 is 1.46. The van der Waals surface area contributed by atoms with E-state index in [-0.39, 0.29) is 11.5 Å². The Morgan fingerprint density at radius 1 is 1.29 bits per heavy atom. The van der Waals surface area contributed by atoms with E-state index in [9.17, 15) is 10.2 Å². The summed E-state index contributed by atoms with van der Waals surface area (Å²) in [4.78, 5) is 4.17. The van der Waals surface area contributed by atoms with Gasteiger partial charge in [-0.15, -0.1) is 11.3 Å². The van der Waals surface area contributed by atoms with Crippen LogP contribution < -0.4 is 5.43 Å². The molecule has 0 radical (unpaired) electrons. The van der Waals surface area contributed by atoms with Gasteiger partial charge in [-0.25, -0.2) is 4.98 Å². The Labute approximate surface area is 102 Å². The number of aromatic hydroxyl groups is 2. The van der Waals surface area contributed by atoms with Crippen LogP contribution in [-0.2, 0) is 0 Å². The second kappa shape index (κ2) is 4.84. The maximum atomic E-state index is 9.26. The quantitative estimate of drug-likeness (QED) is 0.576. The Bertz CT molecular complexity index is 531. The number of anilines is 1. The summed E-state index contributed by atoms with van der Waals surface area (Å²) in [6.45, 7) is 1.90.